The number of hydrogen-bond acceptors (Lipinski definition) is 4. The molecule has 0 radical (unpaired) electrons. The van der Waals surface area contributed by atoms with E-state index < -0.39 is 6.10 Å². The van der Waals surface area contributed by atoms with Gasteiger partial charge in [0, 0.05) is 24.6 Å². The number of imidazole rings is 1. The summed E-state index contributed by atoms with van der Waals surface area (Å²) in [6.07, 6.45) is 5.39. The number of benzene rings is 1. The van der Waals surface area contributed by atoms with Crippen LogP contribution in [0.1, 0.15) is 24.9 Å². The third kappa shape index (κ3) is 3.18. The van der Waals surface area contributed by atoms with Gasteiger partial charge in [0.2, 0.25) is 5.91 Å². The standard InChI is InChI=1S/C16H20N4O2/c1-11(19-16(22)15-8-14(21)9-18-15)12-3-2-4-13(7-12)20-6-5-17-10-20/h2-7,10-11,14-15,18,21H,8-9H2,1H3,(H,19,22)/t11-,14+,15+/m0/s1. The Bertz CT molecular complexity index is 641. The molecule has 3 rings (SSSR count). The summed E-state index contributed by atoms with van der Waals surface area (Å²) >= 11 is 0. The molecule has 22 heavy (non-hydrogen) atoms. The Balaban J connectivity index is 1.68. The molecule has 0 saturated carbocycles. The maximum atomic E-state index is 12.2. The van der Waals surface area contributed by atoms with Crippen LogP contribution in [-0.4, -0.2) is 39.3 Å². The molecule has 3 atom stereocenters. The summed E-state index contributed by atoms with van der Waals surface area (Å²) in [5.41, 5.74) is 2.03. The van der Waals surface area contributed by atoms with Crippen LogP contribution in [-0.2, 0) is 4.79 Å². The predicted molar refractivity (Wildman–Crippen MR) is 82.5 cm³/mol. The number of aromatic nitrogens is 2. The summed E-state index contributed by atoms with van der Waals surface area (Å²) < 4.78 is 1.92. The van der Waals surface area contributed by atoms with Gasteiger partial charge in [0.05, 0.1) is 24.5 Å². The number of carbonyl (C=O) groups is 1. The largest absolute Gasteiger partial charge is 0.392 e. The Kier molecular flexibility index (Phi) is 4.22. The summed E-state index contributed by atoms with van der Waals surface area (Å²) in [5.74, 6) is -0.0721. The molecule has 0 unspecified atom stereocenters. The van der Waals surface area contributed by atoms with E-state index in [9.17, 15) is 9.90 Å². The molecule has 1 fully saturated rings. The minimum atomic E-state index is -0.435. The Hall–Kier alpha value is -2.18. The fourth-order valence-corrected chi connectivity index (χ4v) is 2.68. The molecule has 6 nitrogen and oxygen atoms in total. The fraction of sp³-hybridized carbons (Fsp3) is 0.375. The van der Waals surface area contributed by atoms with E-state index >= 15 is 0 Å². The van der Waals surface area contributed by atoms with Crippen LogP contribution >= 0.6 is 0 Å². The van der Waals surface area contributed by atoms with Gasteiger partial charge in [0.1, 0.15) is 0 Å². The van der Waals surface area contributed by atoms with Crippen LogP contribution in [0.3, 0.4) is 0 Å². The van der Waals surface area contributed by atoms with Gasteiger partial charge in [-0.15, -0.1) is 0 Å². The van der Waals surface area contributed by atoms with Crippen molar-refractivity contribution in [2.75, 3.05) is 6.54 Å². The van der Waals surface area contributed by atoms with E-state index in [1.54, 1.807) is 12.5 Å². The molecule has 3 N–H and O–H groups in total. The van der Waals surface area contributed by atoms with Crippen molar-refractivity contribution >= 4 is 5.91 Å². The number of aliphatic hydroxyl groups is 1. The second-order valence-corrected chi connectivity index (χ2v) is 5.65. The van der Waals surface area contributed by atoms with Crippen molar-refractivity contribution in [3.63, 3.8) is 0 Å². The first-order chi connectivity index (χ1) is 10.6. The van der Waals surface area contributed by atoms with Gasteiger partial charge in [0.15, 0.2) is 0 Å². The summed E-state index contributed by atoms with van der Waals surface area (Å²) in [5, 5.41) is 15.5. The summed E-state index contributed by atoms with van der Waals surface area (Å²) in [4.78, 5) is 16.2. The van der Waals surface area contributed by atoms with Gasteiger partial charge >= 0.3 is 0 Å². The molecule has 0 bridgehead atoms. The highest BCUT2D eigenvalue weighted by Gasteiger charge is 2.28. The van der Waals surface area contributed by atoms with Gasteiger partial charge in [-0.25, -0.2) is 4.98 Å². The van der Waals surface area contributed by atoms with Crippen LogP contribution in [0, 0.1) is 0 Å². The van der Waals surface area contributed by atoms with Crippen LogP contribution in [0.2, 0.25) is 0 Å². The number of amides is 1. The lowest BCUT2D eigenvalue weighted by Crippen LogP contribution is -2.41. The molecule has 1 aliphatic rings. The van der Waals surface area contributed by atoms with Crippen molar-refractivity contribution in [2.24, 2.45) is 0 Å². The number of hydrogen-bond donors (Lipinski definition) is 3. The number of aliphatic hydroxyl groups excluding tert-OH is 1. The van der Waals surface area contributed by atoms with Gasteiger partial charge in [-0.2, -0.15) is 0 Å². The molecule has 2 heterocycles. The van der Waals surface area contributed by atoms with E-state index in [0.717, 1.165) is 11.3 Å². The molecule has 1 amide bonds. The average molecular weight is 300 g/mol. The van der Waals surface area contributed by atoms with Crippen molar-refractivity contribution in [3.05, 3.63) is 48.5 Å². The van der Waals surface area contributed by atoms with Gasteiger partial charge in [0.25, 0.3) is 0 Å². The minimum absolute atomic E-state index is 0.0721. The first kappa shape index (κ1) is 14.7. The third-order valence-corrected chi connectivity index (χ3v) is 3.96. The van der Waals surface area contributed by atoms with Crippen LogP contribution in [0.4, 0.5) is 0 Å². The lowest BCUT2D eigenvalue weighted by Gasteiger charge is -2.18. The highest BCUT2D eigenvalue weighted by molar-refractivity contribution is 5.82. The zero-order valence-electron chi connectivity index (χ0n) is 12.4. The molecule has 1 aromatic carbocycles. The maximum Gasteiger partial charge on any atom is 0.237 e. The number of nitrogens with one attached hydrogen (secondary N) is 2. The molecule has 0 spiro atoms. The Labute approximate surface area is 129 Å². The van der Waals surface area contributed by atoms with Gasteiger partial charge in [-0.05, 0) is 31.0 Å². The summed E-state index contributed by atoms with van der Waals surface area (Å²) in [6.45, 7) is 2.43. The first-order valence-corrected chi connectivity index (χ1v) is 7.43. The molecule has 2 aromatic rings. The topological polar surface area (TPSA) is 79.2 Å². The van der Waals surface area contributed by atoms with Crippen LogP contribution in [0.25, 0.3) is 5.69 Å². The molecular weight excluding hydrogens is 280 g/mol. The molecule has 1 saturated heterocycles. The average Bonchev–Trinajstić information content (AvgIpc) is 3.18. The Morgan fingerprint density at radius 2 is 2.41 bits per heavy atom. The fourth-order valence-electron chi connectivity index (χ4n) is 2.68. The molecule has 0 aliphatic carbocycles. The van der Waals surface area contributed by atoms with Crippen molar-refractivity contribution in [2.45, 2.75) is 31.5 Å². The quantitative estimate of drug-likeness (QED) is 0.779. The van der Waals surface area contributed by atoms with E-state index in [1.165, 1.54) is 0 Å². The van der Waals surface area contributed by atoms with Crippen molar-refractivity contribution < 1.29 is 9.90 Å². The van der Waals surface area contributed by atoms with Crippen molar-refractivity contribution in [3.8, 4) is 5.69 Å². The van der Waals surface area contributed by atoms with Gasteiger partial charge < -0.3 is 20.3 Å². The predicted octanol–water partition coefficient (Wildman–Crippen LogP) is 0.772. The van der Waals surface area contributed by atoms with E-state index in [2.05, 4.69) is 15.6 Å². The molecule has 1 aromatic heterocycles. The number of nitrogens with zero attached hydrogens (tertiary/aromatic N) is 2. The second-order valence-electron chi connectivity index (χ2n) is 5.65. The molecule has 1 aliphatic heterocycles. The lowest BCUT2D eigenvalue weighted by atomic mass is 10.1. The number of rotatable bonds is 4. The normalized spacial score (nSPS) is 22.5. The van der Waals surface area contributed by atoms with Crippen molar-refractivity contribution in [1.29, 1.82) is 0 Å². The Morgan fingerprint density at radius 1 is 1.55 bits per heavy atom. The molecule has 6 heteroatoms. The van der Waals surface area contributed by atoms with Crippen molar-refractivity contribution in [1.82, 2.24) is 20.2 Å². The molecular formula is C16H20N4O2. The van der Waals surface area contributed by atoms with E-state index in [0.29, 0.717) is 13.0 Å². The summed E-state index contributed by atoms with van der Waals surface area (Å²) in [6, 6.07) is 7.57. The minimum Gasteiger partial charge on any atom is -0.392 e. The summed E-state index contributed by atoms with van der Waals surface area (Å²) in [7, 11) is 0. The van der Waals surface area contributed by atoms with Crippen LogP contribution in [0.15, 0.2) is 43.0 Å². The zero-order chi connectivity index (χ0) is 15.5. The smallest absolute Gasteiger partial charge is 0.237 e. The highest BCUT2D eigenvalue weighted by Crippen LogP contribution is 2.17. The van der Waals surface area contributed by atoms with Crippen LogP contribution in [0.5, 0.6) is 0 Å². The highest BCUT2D eigenvalue weighted by atomic mass is 16.3. The number of β-amino-alcohol motifs (C(OH)–C–C–N with tert-alkyl or cyclic N) is 1. The van der Waals surface area contributed by atoms with Crippen LogP contribution < -0.4 is 10.6 Å². The molecule has 116 valence electrons. The zero-order valence-corrected chi connectivity index (χ0v) is 12.4. The second kappa shape index (κ2) is 6.29. The van der Waals surface area contributed by atoms with E-state index in [-0.39, 0.29) is 18.0 Å². The first-order valence-electron chi connectivity index (χ1n) is 7.43. The third-order valence-electron chi connectivity index (χ3n) is 3.96. The SMILES string of the molecule is C[C@H](NC(=O)[C@H]1C[C@@H](O)CN1)c1cccc(-n2ccnc2)c1. The monoisotopic (exact) mass is 300 g/mol. The lowest BCUT2D eigenvalue weighted by molar-refractivity contribution is -0.123. The maximum absolute atomic E-state index is 12.2. The van der Waals surface area contributed by atoms with Gasteiger partial charge in [-0.1, -0.05) is 12.1 Å². The number of carbonyl (C=O) groups excluding carboxylic acids is 1. The van der Waals surface area contributed by atoms with E-state index in [1.807, 2.05) is 42.0 Å². The van der Waals surface area contributed by atoms with Gasteiger partial charge in [-0.3, -0.25) is 4.79 Å². The Morgan fingerprint density at radius 3 is 3.09 bits per heavy atom. The van der Waals surface area contributed by atoms with E-state index in [4.69, 9.17) is 0 Å².